The number of aryl methyl sites for hydroxylation is 1. The van der Waals surface area contributed by atoms with Gasteiger partial charge < -0.3 is 19.4 Å². The number of likely N-dealkylation sites (N-methyl/N-ethyl adjacent to an activating group) is 1. The molecular weight excluding hydrogens is 330 g/mol. The summed E-state index contributed by atoms with van der Waals surface area (Å²) in [6.45, 7) is 6.76. The molecule has 26 heavy (non-hydrogen) atoms. The van der Waals surface area contributed by atoms with E-state index < -0.39 is 0 Å². The van der Waals surface area contributed by atoms with Crippen molar-refractivity contribution in [2.75, 3.05) is 49.6 Å². The van der Waals surface area contributed by atoms with E-state index in [1.807, 2.05) is 7.05 Å². The van der Waals surface area contributed by atoms with Gasteiger partial charge in [0, 0.05) is 51.4 Å². The van der Waals surface area contributed by atoms with Gasteiger partial charge in [-0.05, 0) is 32.1 Å². The Hall–Kier alpha value is -2.05. The fourth-order valence-corrected chi connectivity index (χ4v) is 4.32. The van der Waals surface area contributed by atoms with Gasteiger partial charge in [0.1, 0.15) is 11.4 Å². The summed E-state index contributed by atoms with van der Waals surface area (Å²) < 4.78 is 5.74. The van der Waals surface area contributed by atoms with E-state index in [0.29, 0.717) is 6.54 Å². The standard InChI is InChI=1S/C19H29N5O2/c1-3-15-13-16(21-17(20-15)24-9-4-5-10-24)23-11-6-7-19(8-12-23)14-22(2)18(25)26-19/h13H,3-12,14H2,1-2H3/t19-/m0/s1. The van der Waals surface area contributed by atoms with Crippen LogP contribution in [0.2, 0.25) is 0 Å². The molecule has 1 aromatic rings. The number of rotatable bonds is 3. The third-order valence-corrected chi connectivity index (χ3v) is 5.87. The third kappa shape index (κ3) is 3.31. The molecule has 3 saturated heterocycles. The third-order valence-electron chi connectivity index (χ3n) is 5.87. The van der Waals surface area contributed by atoms with Gasteiger partial charge in [-0.25, -0.2) is 9.78 Å². The molecule has 1 spiro atoms. The lowest BCUT2D eigenvalue weighted by molar-refractivity contribution is 0.0473. The van der Waals surface area contributed by atoms with Crippen molar-refractivity contribution in [3.05, 3.63) is 11.8 Å². The number of anilines is 2. The van der Waals surface area contributed by atoms with E-state index in [-0.39, 0.29) is 11.7 Å². The predicted molar refractivity (Wildman–Crippen MR) is 101 cm³/mol. The van der Waals surface area contributed by atoms with Crippen LogP contribution >= 0.6 is 0 Å². The normalized spacial score (nSPS) is 26.5. The summed E-state index contributed by atoms with van der Waals surface area (Å²) >= 11 is 0. The van der Waals surface area contributed by atoms with Gasteiger partial charge in [-0.3, -0.25) is 0 Å². The Morgan fingerprint density at radius 2 is 1.85 bits per heavy atom. The zero-order chi connectivity index (χ0) is 18.1. The first-order valence-corrected chi connectivity index (χ1v) is 9.90. The van der Waals surface area contributed by atoms with Crippen LogP contribution in [0.5, 0.6) is 0 Å². The molecule has 0 N–H and O–H groups in total. The highest BCUT2D eigenvalue weighted by molar-refractivity contribution is 5.70. The van der Waals surface area contributed by atoms with E-state index in [4.69, 9.17) is 14.7 Å². The van der Waals surface area contributed by atoms with Gasteiger partial charge in [0.15, 0.2) is 0 Å². The average molecular weight is 359 g/mol. The quantitative estimate of drug-likeness (QED) is 0.826. The Bertz CT molecular complexity index is 676. The molecule has 7 nitrogen and oxygen atoms in total. The number of amides is 1. The molecule has 1 aromatic heterocycles. The van der Waals surface area contributed by atoms with E-state index in [2.05, 4.69) is 22.8 Å². The van der Waals surface area contributed by atoms with Crippen molar-refractivity contribution >= 4 is 17.9 Å². The van der Waals surface area contributed by atoms with Crippen LogP contribution < -0.4 is 9.80 Å². The molecule has 0 radical (unpaired) electrons. The first-order valence-electron chi connectivity index (χ1n) is 9.90. The monoisotopic (exact) mass is 359 g/mol. The molecule has 0 aromatic carbocycles. The second-order valence-electron chi connectivity index (χ2n) is 7.81. The van der Waals surface area contributed by atoms with Crippen LogP contribution in [0.25, 0.3) is 0 Å². The fraction of sp³-hybridized carbons (Fsp3) is 0.737. The van der Waals surface area contributed by atoms with Crippen molar-refractivity contribution in [2.24, 2.45) is 0 Å². The molecule has 7 heteroatoms. The molecule has 142 valence electrons. The van der Waals surface area contributed by atoms with Crippen molar-refractivity contribution < 1.29 is 9.53 Å². The SMILES string of the molecule is CCc1cc(N2CCC[C@]3(CC2)CN(C)C(=O)O3)nc(N2CCCC2)n1. The van der Waals surface area contributed by atoms with Crippen molar-refractivity contribution in [1.82, 2.24) is 14.9 Å². The van der Waals surface area contributed by atoms with E-state index in [1.165, 1.54) is 12.8 Å². The minimum atomic E-state index is -0.320. The van der Waals surface area contributed by atoms with Crippen molar-refractivity contribution in [2.45, 2.75) is 51.0 Å². The maximum atomic E-state index is 11.9. The van der Waals surface area contributed by atoms with E-state index in [0.717, 1.165) is 69.3 Å². The van der Waals surface area contributed by atoms with Crippen LogP contribution in [0.4, 0.5) is 16.6 Å². The minimum absolute atomic E-state index is 0.190. The second kappa shape index (κ2) is 6.93. The molecule has 4 heterocycles. The molecule has 0 saturated carbocycles. The van der Waals surface area contributed by atoms with Gasteiger partial charge >= 0.3 is 6.09 Å². The van der Waals surface area contributed by atoms with Gasteiger partial charge in [0.2, 0.25) is 5.95 Å². The Morgan fingerprint density at radius 1 is 1.08 bits per heavy atom. The molecule has 0 aliphatic carbocycles. The molecule has 3 aliphatic heterocycles. The summed E-state index contributed by atoms with van der Waals surface area (Å²) in [7, 11) is 1.82. The lowest BCUT2D eigenvalue weighted by Gasteiger charge is -2.26. The van der Waals surface area contributed by atoms with Gasteiger partial charge in [-0.2, -0.15) is 4.98 Å². The summed E-state index contributed by atoms with van der Waals surface area (Å²) in [6, 6.07) is 2.13. The van der Waals surface area contributed by atoms with Crippen LogP contribution in [-0.2, 0) is 11.2 Å². The highest BCUT2D eigenvalue weighted by Gasteiger charge is 2.44. The van der Waals surface area contributed by atoms with E-state index in [1.54, 1.807) is 4.90 Å². The number of ether oxygens (including phenoxy) is 1. The summed E-state index contributed by atoms with van der Waals surface area (Å²) in [5, 5.41) is 0. The highest BCUT2D eigenvalue weighted by Crippen LogP contribution is 2.34. The van der Waals surface area contributed by atoms with Crippen molar-refractivity contribution in [3.63, 3.8) is 0 Å². The van der Waals surface area contributed by atoms with Gasteiger partial charge in [-0.1, -0.05) is 6.92 Å². The average Bonchev–Trinajstić information content (AvgIpc) is 3.21. The number of nitrogens with zero attached hydrogens (tertiary/aromatic N) is 5. The Balaban J connectivity index is 1.53. The van der Waals surface area contributed by atoms with Gasteiger partial charge in [0.05, 0.1) is 6.54 Å². The predicted octanol–water partition coefficient (Wildman–Crippen LogP) is 2.45. The molecule has 0 bridgehead atoms. The lowest BCUT2D eigenvalue weighted by atomic mass is 9.95. The van der Waals surface area contributed by atoms with Crippen LogP contribution in [0, 0.1) is 0 Å². The lowest BCUT2D eigenvalue weighted by Crippen LogP contribution is -2.35. The summed E-state index contributed by atoms with van der Waals surface area (Å²) in [4.78, 5) is 27.8. The van der Waals surface area contributed by atoms with Gasteiger partial charge in [0.25, 0.3) is 0 Å². The number of aromatic nitrogens is 2. The zero-order valence-corrected chi connectivity index (χ0v) is 15.9. The topological polar surface area (TPSA) is 61.8 Å². The minimum Gasteiger partial charge on any atom is -0.441 e. The molecule has 1 amide bonds. The first-order chi connectivity index (χ1) is 12.6. The Kier molecular flexibility index (Phi) is 4.63. The molecule has 3 aliphatic rings. The zero-order valence-electron chi connectivity index (χ0n) is 15.9. The Morgan fingerprint density at radius 3 is 2.54 bits per heavy atom. The van der Waals surface area contributed by atoms with Gasteiger partial charge in [-0.15, -0.1) is 0 Å². The maximum Gasteiger partial charge on any atom is 0.410 e. The molecule has 3 fully saturated rings. The summed E-state index contributed by atoms with van der Waals surface area (Å²) in [6.07, 6.45) is 5.95. The summed E-state index contributed by atoms with van der Waals surface area (Å²) in [5.41, 5.74) is 0.779. The molecule has 4 rings (SSSR count). The number of carbonyl (C=O) groups excluding carboxylic acids is 1. The maximum absolute atomic E-state index is 11.9. The Labute approximate surface area is 155 Å². The van der Waals surface area contributed by atoms with E-state index in [9.17, 15) is 4.79 Å². The van der Waals surface area contributed by atoms with Crippen molar-refractivity contribution in [1.29, 1.82) is 0 Å². The van der Waals surface area contributed by atoms with Crippen LogP contribution in [-0.4, -0.2) is 66.3 Å². The van der Waals surface area contributed by atoms with Crippen molar-refractivity contribution in [3.8, 4) is 0 Å². The van der Waals surface area contributed by atoms with Crippen LogP contribution in [0.1, 0.15) is 44.7 Å². The van der Waals surface area contributed by atoms with E-state index >= 15 is 0 Å². The molecule has 0 unspecified atom stereocenters. The number of hydrogen-bond donors (Lipinski definition) is 0. The second-order valence-corrected chi connectivity index (χ2v) is 7.81. The number of carbonyl (C=O) groups is 1. The number of hydrogen-bond acceptors (Lipinski definition) is 6. The molecule has 1 atom stereocenters. The highest BCUT2D eigenvalue weighted by atomic mass is 16.6. The van der Waals surface area contributed by atoms with Crippen LogP contribution in [0.3, 0.4) is 0 Å². The molecular formula is C19H29N5O2. The first kappa shape index (κ1) is 17.4. The van der Waals surface area contributed by atoms with Crippen LogP contribution in [0.15, 0.2) is 6.07 Å². The summed E-state index contributed by atoms with van der Waals surface area (Å²) in [5.74, 6) is 1.90. The fourth-order valence-electron chi connectivity index (χ4n) is 4.32. The smallest absolute Gasteiger partial charge is 0.410 e. The largest absolute Gasteiger partial charge is 0.441 e.